The molecule has 0 aromatic heterocycles. The lowest BCUT2D eigenvalue weighted by Crippen LogP contribution is -2.56. The minimum absolute atomic E-state index is 0.0449. The van der Waals surface area contributed by atoms with Crippen LogP contribution in [0.2, 0.25) is 0 Å². The predicted molar refractivity (Wildman–Crippen MR) is 78.0 cm³/mol. The number of carbonyl (C=O) groups excluding carboxylic acids is 1. The smallest absolute Gasteiger partial charge is 0.334 e. The molecule has 2 rings (SSSR count). The minimum atomic E-state index is -3.47. The van der Waals surface area contributed by atoms with Crippen LogP contribution >= 0.6 is 0 Å². The second-order valence-electron chi connectivity index (χ2n) is 5.38. The Bertz CT molecular complexity index is 504. The van der Waals surface area contributed by atoms with E-state index in [9.17, 15) is 13.6 Å². The van der Waals surface area contributed by atoms with Crippen LogP contribution in [0, 0.1) is 0 Å². The SMILES string of the molecule is C=CC(F)(F)C(=O)N1CCN(Cc2ccccc2)C(C)C1. The van der Waals surface area contributed by atoms with Gasteiger partial charge in [0.15, 0.2) is 0 Å². The zero-order valence-corrected chi connectivity index (χ0v) is 12.1. The van der Waals surface area contributed by atoms with Gasteiger partial charge in [0.25, 0.3) is 5.91 Å². The molecule has 1 aliphatic heterocycles. The maximum atomic E-state index is 13.4. The molecule has 0 bridgehead atoms. The Morgan fingerprint density at radius 1 is 1.38 bits per heavy atom. The lowest BCUT2D eigenvalue weighted by Gasteiger charge is -2.40. The highest BCUT2D eigenvalue weighted by Gasteiger charge is 2.40. The summed E-state index contributed by atoms with van der Waals surface area (Å²) in [6, 6.07) is 10.0. The molecule has 0 saturated carbocycles. The summed E-state index contributed by atoms with van der Waals surface area (Å²) < 4.78 is 26.8. The maximum absolute atomic E-state index is 13.4. The minimum Gasteiger partial charge on any atom is -0.334 e. The Morgan fingerprint density at radius 3 is 2.62 bits per heavy atom. The third kappa shape index (κ3) is 3.67. The van der Waals surface area contributed by atoms with Crippen molar-refractivity contribution >= 4 is 5.91 Å². The Labute approximate surface area is 123 Å². The Kier molecular flexibility index (Phi) is 4.73. The van der Waals surface area contributed by atoms with Crippen LogP contribution in [0.3, 0.4) is 0 Å². The number of piperazine rings is 1. The summed E-state index contributed by atoms with van der Waals surface area (Å²) in [5.74, 6) is -4.62. The molecule has 5 heteroatoms. The van der Waals surface area contributed by atoms with Gasteiger partial charge in [-0.05, 0) is 18.6 Å². The number of alkyl halides is 2. The van der Waals surface area contributed by atoms with Crippen molar-refractivity contribution in [2.75, 3.05) is 19.6 Å². The van der Waals surface area contributed by atoms with Crippen LogP contribution in [0.5, 0.6) is 0 Å². The Morgan fingerprint density at radius 2 is 2.05 bits per heavy atom. The van der Waals surface area contributed by atoms with Crippen molar-refractivity contribution in [3.63, 3.8) is 0 Å². The van der Waals surface area contributed by atoms with Crippen molar-refractivity contribution in [2.45, 2.75) is 25.4 Å². The van der Waals surface area contributed by atoms with E-state index in [0.717, 1.165) is 6.54 Å². The van der Waals surface area contributed by atoms with Crippen molar-refractivity contribution in [1.82, 2.24) is 9.80 Å². The molecule has 1 atom stereocenters. The molecule has 1 heterocycles. The molecular formula is C16H20F2N2O. The Balaban J connectivity index is 1.96. The first-order valence-corrected chi connectivity index (χ1v) is 7.03. The molecule has 1 amide bonds. The van der Waals surface area contributed by atoms with Crippen molar-refractivity contribution in [3.05, 3.63) is 48.6 Å². The molecule has 21 heavy (non-hydrogen) atoms. The molecule has 0 N–H and O–H groups in total. The monoisotopic (exact) mass is 294 g/mol. The highest BCUT2D eigenvalue weighted by molar-refractivity contribution is 5.85. The fraction of sp³-hybridized carbons (Fsp3) is 0.438. The van der Waals surface area contributed by atoms with Crippen LogP contribution in [0.1, 0.15) is 12.5 Å². The molecule has 0 spiro atoms. The van der Waals surface area contributed by atoms with Crippen LogP contribution in [0.15, 0.2) is 43.0 Å². The topological polar surface area (TPSA) is 23.6 Å². The maximum Gasteiger partial charge on any atom is 0.342 e. The van der Waals surface area contributed by atoms with Crippen LogP contribution in [-0.2, 0) is 11.3 Å². The van der Waals surface area contributed by atoms with Gasteiger partial charge < -0.3 is 4.90 Å². The molecule has 1 aromatic rings. The molecule has 114 valence electrons. The van der Waals surface area contributed by atoms with E-state index in [2.05, 4.69) is 11.5 Å². The lowest BCUT2D eigenvalue weighted by atomic mass is 10.1. The number of halogens is 2. The largest absolute Gasteiger partial charge is 0.342 e. The van der Waals surface area contributed by atoms with Gasteiger partial charge in [-0.2, -0.15) is 8.78 Å². The van der Waals surface area contributed by atoms with Gasteiger partial charge in [0.2, 0.25) is 0 Å². The fourth-order valence-electron chi connectivity index (χ4n) is 2.53. The first-order chi connectivity index (χ1) is 9.94. The van der Waals surface area contributed by atoms with Gasteiger partial charge in [0.05, 0.1) is 0 Å². The van der Waals surface area contributed by atoms with Gasteiger partial charge in [-0.1, -0.05) is 36.9 Å². The molecule has 1 fully saturated rings. The number of amides is 1. The zero-order valence-electron chi connectivity index (χ0n) is 12.1. The third-order valence-electron chi connectivity index (χ3n) is 3.82. The standard InChI is InChI=1S/C16H20F2N2O/c1-3-16(17,18)15(21)20-10-9-19(13(2)11-20)12-14-7-5-4-6-8-14/h3-8,13H,1,9-12H2,2H3. The van der Waals surface area contributed by atoms with Crippen LogP contribution in [0.25, 0.3) is 0 Å². The molecule has 1 saturated heterocycles. The van der Waals surface area contributed by atoms with Crippen LogP contribution < -0.4 is 0 Å². The van der Waals surface area contributed by atoms with Gasteiger partial charge in [-0.3, -0.25) is 9.69 Å². The fourth-order valence-corrected chi connectivity index (χ4v) is 2.53. The van der Waals surface area contributed by atoms with Crippen LogP contribution in [0.4, 0.5) is 8.78 Å². The average Bonchev–Trinajstić information content (AvgIpc) is 2.49. The van der Waals surface area contributed by atoms with Gasteiger partial charge in [-0.15, -0.1) is 0 Å². The van der Waals surface area contributed by atoms with Gasteiger partial charge in [-0.25, -0.2) is 0 Å². The zero-order chi connectivity index (χ0) is 15.5. The quantitative estimate of drug-likeness (QED) is 0.797. The van der Waals surface area contributed by atoms with E-state index in [1.54, 1.807) is 0 Å². The summed E-state index contributed by atoms with van der Waals surface area (Å²) in [4.78, 5) is 15.2. The van der Waals surface area contributed by atoms with E-state index < -0.39 is 11.8 Å². The van der Waals surface area contributed by atoms with Crippen LogP contribution in [-0.4, -0.2) is 47.3 Å². The van der Waals surface area contributed by atoms with Gasteiger partial charge in [0, 0.05) is 32.2 Å². The van der Waals surface area contributed by atoms with Crippen molar-refractivity contribution in [3.8, 4) is 0 Å². The van der Waals surface area contributed by atoms with E-state index in [1.165, 1.54) is 10.5 Å². The summed E-state index contributed by atoms with van der Waals surface area (Å²) in [6.45, 7) is 6.97. The Hall–Kier alpha value is -1.75. The van der Waals surface area contributed by atoms with Crippen molar-refractivity contribution in [2.24, 2.45) is 0 Å². The summed E-state index contributed by atoms with van der Waals surface area (Å²) >= 11 is 0. The number of hydrogen-bond donors (Lipinski definition) is 0. The van der Waals surface area contributed by atoms with E-state index in [4.69, 9.17) is 0 Å². The summed E-state index contributed by atoms with van der Waals surface area (Å²) in [6.07, 6.45) is 0.413. The second-order valence-corrected chi connectivity index (χ2v) is 5.38. The third-order valence-corrected chi connectivity index (χ3v) is 3.82. The molecule has 1 aliphatic rings. The average molecular weight is 294 g/mol. The van der Waals surface area contributed by atoms with E-state index in [0.29, 0.717) is 25.7 Å². The first kappa shape index (κ1) is 15.6. The number of benzene rings is 1. The molecule has 0 aliphatic carbocycles. The predicted octanol–water partition coefficient (Wildman–Crippen LogP) is 2.54. The summed E-state index contributed by atoms with van der Waals surface area (Å²) in [5, 5.41) is 0. The number of nitrogens with zero attached hydrogens (tertiary/aromatic N) is 2. The molecular weight excluding hydrogens is 274 g/mol. The van der Waals surface area contributed by atoms with Crippen molar-refractivity contribution in [1.29, 1.82) is 0 Å². The highest BCUT2D eigenvalue weighted by atomic mass is 19.3. The van der Waals surface area contributed by atoms with Gasteiger partial charge >= 0.3 is 5.92 Å². The highest BCUT2D eigenvalue weighted by Crippen LogP contribution is 2.21. The van der Waals surface area contributed by atoms with Gasteiger partial charge in [0.1, 0.15) is 0 Å². The molecule has 0 radical (unpaired) electrons. The normalized spacial score (nSPS) is 20.3. The van der Waals surface area contributed by atoms with Crippen molar-refractivity contribution < 1.29 is 13.6 Å². The summed E-state index contributed by atoms with van der Waals surface area (Å²) in [5.41, 5.74) is 1.18. The molecule has 1 unspecified atom stereocenters. The second kappa shape index (κ2) is 6.35. The number of carbonyl (C=O) groups is 1. The summed E-state index contributed by atoms with van der Waals surface area (Å²) in [7, 11) is 0. The molecule has 1 aromatic carbocycles. The number of hydrogen-bond acceptors (Lipinski definition) is 2. The lowest BCUT2D eigenvalue weighted by molar-refractivity contribution is -0.154. The van der Waals surface area contributed by atoms with E-state index in [-0.39, 0.29) is 6.04 Å². The molecule has 3 nitrogen and oxygen atoms in total. The first-order valence-electron chi connectivity index (χ1n) is 7.03. The van der Waals surface area contributed by atoms with E-state index >= 15 is 0 Å². The number of rotatable bonds is 4. The van der Waals surface area contributed by atoms with E-state index in [1.807, 2.05) is 37.3 Å².